The first-order valence-electron chi connectivity index (χ1n) is 10.6. The molecule has 1 saturated heterocycles. The highest BCUT2D eigenvalue weighted by molar-refractivity contribution is 6.33. The summed E-state index contributed by atoms with van der Waals surface area (Å²) in [5, 5.41) is 0.805. The van der Waals surface area contributed by atoms with Crippen molar-refractivity contribution in [2.24, 2.45) is 0 Å². The van der Waals surface area contributed by atoms with Crippen LogP contribution in [0.15, 0.2) is 78.9 Å². The zero-order valence-electron chi connectivity index (χ0n) is 17.1. The zero-order chi connectivity index (χ0) is 20.1. The van der Waals surface area contributed by atoms with Gasteiger partial charge in [0.15, 0.2) is 0 Å². The van der Waals surface area contributed by atoms with Gasteiger partial charge in [-0.2, -0.15) is 0 Å². The van der Waals surface area contributed by atoms with E-state index < -0.39 is 0 Å². The summed E-state index contributed by atoms with van der Waals surface area (Å²) in [5.74, 6) is 0. The van der Waals surface area contributed by atoms with Gasteiger partial charge < -0.3 is 0 Å². The fraction of sp³-hybridized carbons (Fsp3) is 0.308. The number of benzene rings is 3. The molecular weight excluding hydrogens is 376 g/mol. The van der Waals surface area contributed by atoms with Gasteiger partial charge in [-0.25, -0.2) is 0 Å². The van der Waals surface area contributed by atoms with E-state index in [0.717, 1.165) is 49.7 Å². The minimum atomic E-state index is 0.582. The predicted octanol–water partition coefficient (Wildman–Crippen LogP) is 5.76. The molecule has 3 aromatic rings. The van der Waals surface area contributed by atoms with Gasteiger partial charge in [-0.05, 0) is 35.7 Å². The molecule has 4 rings (SSSR count). The molecule has 2 nitrogen and oxygen atoms in total. The summed E-state index contributed by atoms with van der Waals surface area (Å²) in [7, 11) is 0. The van der Waals surface area contributed by atoms with Crippen molar-refractivity contribution in [3.05, 3.63) is 95.0 Å². The average Bonchev–Trinajstić information content (AvgIpc) is 2.76. The van der Waals surface area contributed by atoms with Gasteiger partial charge in [0.05, 0.1) is 0 Å². The van der Waals surface area contributed by atoms with Gasteiger partial charge in [0.1, 0.15) is 0 Å². The zero-order valence-corrected chi connectivity index (χ0v) is 17.9. The highest BCUT2D eigenvalue weighted by Crippen LogP contribution is 2.28. The summed E-state index contributed by atoms with van der Waals surface area (Å²) >= 11 is 6.35. The van der Waals surface area contributed by atoms with E-state index in [1.54, 1.807) is 0 Å². The highest BCUT2D eigenvalue weighted by Gasteiger charge is 2.26. The lowest BCUT2D eigenvalue weighted by Crippen LogP contribution is -2.53. The molecule has 29 heavy (non-hydrogen) atoms. The van der Waals surface area contributed by atoms with Crippen LogP contribution >= 0.6 is 11.6 Å². The van der Waals surface area contributed by atoms with Crippen molar-refractivity contribution >= 4 is 11.6 Å². The SMILES string of the molecule is CCN1CCN(Cc2ccc(-c3ccccc3Cl)cc2)CC1Cc1ccccc1. The molecule has 0 amide bonds. The van der Waals surface area contributed by atoms with Crippen LogP contribution in [-0.4, -0.2) is 42.0 Å². The molecule has 0 aliphatic carbocycles. The van der Waals surface area contributed by atoms with Crippen LogP contribution in [0.2, 0.25) is 5.02 Å². The number of likely N-dealkylation sites (N-methyl/N-ethyl adjacent to an activating group) is 1. The first-order chi connectivity index (χ1) is 14.2. The Morgan fingerprint density at radius 1 is 0.828 bits per heavy atom. The van der Waals surface area contributed by atoms with Crippen molar-refractivity contribution in [2.75, 3.05) is 26.2 Å². The molecule has 1 unspecified atom stereocenters. The maximum atomic E-state index is 6.35. The van der Waals surface area contributed by atoms with Crippen molar-refractivity contribution in [1.29, 1.82) is 0 Å². The molecule has 1 aliphatic heterocycles. The second-order valence-electron chi connectivity index (χ2n) is 7.88. The third kappa shape index (κ3) is 5.08. The number of rotatable bonds is 6. The Morgan fingerprint density at radius 3 is 2.28 bits per heavy atom. The van der Waals surface area contributed by atoms with E-state index in [2.05, 4.69) is 77.4 Å². The molecule has 0 saturated carbocycles. The summed E-state index contributed by atoms with van der Waals surface area (Å²) in [4.78, 5) is 5.23. The van der Waals surface area contributed by atoms with Crippen molar-refractivity contribution in [1.82, 2.24) is 9.80 Å². The van der Waals surface area contributed by atoms with Gasteiger partial charge >= 0.3 is 0 Å². The molecule has 0 spiro atoms. The van der Waals surface area contributed by atoms with E-state index in [1.807, 2.05) is 18.2 Å². The Balaban J connectivity index is 1.42. The summed E-state index contributed by atoms with van der Waals surface area (Å²) in [5.41, 5.74) is 5.07. The van der Waals surface area contributed by atoms with E-state index in [-0.39, 0.29) is 0 Å². The van der Waals surface area contributed by atoms with Gasteiger partial charge in [0.25, 0.3) is 0 Å². The van der Waals surface area contributed by atoms with Gasteiger partial charge in [-0.3, -0.25) is 9.80 Å². The van der Waals surface area contributed by atoms with Crippen molar-refractivity contribution < 1.29 is 0 Å². The molecule has 3 heteroatoms. The predicted molar refractivity (Wildman–Crippen MR) is 123 cm³/mol. The Kier molecular flexibility index (Phi) is 6.66. The third-order valence-corrected chi connectivity index (χ3v) is 6.28. The lowest BCUT2D eigenvalue weighted by molar-refractivity contribution is 0.0741. The first-order valence-corrected chi connectivity index (χ1v) is 10.9. The molecule has 1 fully saturated rings. The average molecular weight is 405 g/mol. The Bertz CT molecular complexity index is 908. The molecule has 1 heterocycles. The lowest BCUT2D eigenvalue weighted by Gasteiger charge is -2.41. The van der Waals surface area contributed by atoms with Crippen molar-refractivity contribution in [3.63, 3.8) is 0 Å². The number of hydrogen-bond donors (Lipinski definition) is 0. The van der Waals surface area contributed by atoms with Crippen LogP contribution in [-0.2, 0) is 13.0 Å². The van der Waals surface area contributed by atoms with E-state index in [1.165, 1.54) is 16.7 Å². The monoisotopic (exact) mass is 404 g/mol. The van der Waals surface area contributed by atoms with Crippen LogP contribution in [0.5, 0.6) is 0 Å². The standard InChI is InChI=1S/C26H29ClN2/c1-2-29-17-16-28(20-24(29)18-21-8-4-3-5-9-21)19-22-12-14-23(15-13-22)25-10-6-7-11-26(25)27/h3-15,24H,2,16-20H2,1H3. The summed E-state index contributed by atoms with van der Waals surface area (Å²) in [6.45, 7) is 7.80. The second kappa shape index (κ2) is 9.58. The van der Waals surface area contributed by atoms with Crippen LogP contribution in [0.25, 0.3) is 11.1 Å². The van der Waals surface area contributed by atoms with Gasteiger partial charge in [-0.15, -0.1) is 0 Å². The quantitative estimate of drug-likeness (QED) is 0.515. The van der Waals surface area contributed by atoms with Gasteiger partial charge in [0, 0.05) is 42.8 Å². The van der Waals surface area contributed by atoms with Gasteiger partial charge in [-0.1, -0.05) is 91.3 Å². The molecule has 0 aromatic heterocycles. The van der Waals surface area contributed by atoms with E-state index >= 15 is 0 Å². The van der Waals surface area contributed by atoms with E-state index in [4.69, 9.17) is 11.6 Å². The maximum absolute atomic E-state index is 6.35. The molecular formula is C26H29ClN2. The fourth-order valence-corrected chi connectivity index (χ4v) is 4.59. The number of halogens is 1. The topological polar surface area (TPSA) is 6.48 Å². The molecule has 0 bridgehead atoms. The van der Waals surface area contributed by atoms with Crippen LogP contribution in [0.4, 0.5) is 0 Å². The van der Waals surface area contributed by atoms with Crippen LogP contribution in [0, 0.1) is 0 Å². The molecule has 150 valence electrons. The Morgan fingerprint density at radius 2 is 1.55 bits per heavy atom. The normalized spacial score (nSPS) is 18.1. The molecule has 1 aliphatic rings. The van der Waals surface area contributed by atoms with Crippen LogP contribution in [0.1, 0.15) is 18.1 Å². The minimum Gasteiger partial charge on any atom is -0.298 e. The molecule has 3 aromatic carbocycles. The van der Waals surface area contributed by atoms with Crippen molar-refractivity contribution in [3.8, 4) is 11.1 Å². The summed E-state index contributed by atoms with van der Waals surface area (Å²) in [6.07, 6.45) is 1.12. The summed E-state index contributed by atoms with van der Waals surface area (Å²) in [6, 6.07) is 28.4. The van der Waals surface area contributed by atoms with Crippen LogP contribution < -0.4 is 0 Å². The lowest BCUT2D eigenvalue weighted by atomic mass is 10.0. The Labute approximate surface area is 179 Å². The fourth-order valence-electron chi connectivity index (χ4n) is 4.34. The van der Waals surface area contributed by atoms with Crippen LogP contribution in [0.3, 0.4) is 0 Å². The molecule has 0 radical (unpaired) electrons. The van der Waals surface area contributed by atoms with E-state index in [0.29, 0.717) is 6.04 Å². The largest absolute Gasteiger partial charge is 0.298 e. The maximum Gasteiger partial charge on any atom is 0.0484 e. The minimum absolute atomic E-state index is 0.582. The smallest absolute Gasteiger partial charge is 0.0484 e. The van der Waals surface area contributed by atoms with Crippen molar-refractivity contribution in [2.45, 2.75) is 25.9 Å². The number of piperazine rings is 1. The third-order valence-electron chi connectivity index (χ3n) is 5.95. The second-order valence-corrected chi connectivity index (χ2v) is 8.29. The number of nitrogens with zero attached hydrogens (tertiary/aromatic N) is 2. The van der Waals surface area contributed by atoms with Gasteiger partial charge in [0.2, 0.25) is 0 Å². The first kappa shape index (κ1) is 20.2. The Hall–Kier alpha value is -2.13. The number of hydrogen-bond acceptors (Lipinski definition) is 2. The molecule has 0 N–H and O–H groups in total. The summed E-state index contributed by atoms with van der Waals surface area (Å²) < 4.78 is 0. The highest BCUT2D eigenvalue weighted by atomic mass is 35.5. The molecule has 1 atom stereocenters. The van der Waals surface area contributed by atoms with E-state index in [9.17, 15) is 0 Å².